The van der Waals surface area contributed by atoms with Crippen molar-refractivity contribution in [2.24, 2.45) is 0 Å². The molecule has 0 aliphatic carbocycles. The lowest BCUT2D eigenvalue weighted by atomic mass is 10.1. The molecular formula is C43H77N2O6P. The van der Waals surface area contributed by atoms with E-state index in [1.807, 2.05) is 27.2 Å². The van der Waals surface area contributed by atoms with Gasteiger partial charge in [0.15, 0.2) is 0 Å². The molecule has 0 spiro atoms. The molecule has 300 valence electrons. The van der Waals surface area contributed by atoms with Crippen LogP contribution in [-0.2, 0) is 18.4 Å². The highest BCUT2D eigenvalue weighted by molar-refractivity contribution is 7.45. The first-order valence-corrected chi connectivity index (χ1v) is 21.8. The van der Waals surface area contributed by atoms with Gasteiger partial charge in [0.25, 0.3) is 7.82 Å². The Balaban J connectivity index is 4.52. The lowest BCUT2D eigenvalue weighted by Gasteiger charge is -2.29. The van der Waals surface area contributed by atoms with Crippen LogP contribution in [-0.4, -0.2) is 68.5 Å². The Labute approximate surface area is 319 Å². The summed E-state index contributed by atoms with van der Waals surface area (Å²) in [6, 6.07) is -0.917. The number of quaternary nitrogens is 1. The van der Waals surface area contributed by atoms with Crippen LogP contribution in [0.3, 0.4) is 0 Å². The molecule has 3 unspecified atom stereocenters. The number of carbonyl (C=O) groups excluding carboxylic acids is 1. The molecule has 1 amide bonds. The highest BCUT2D eigenvalue weighted by atomic mass is 31.2. The van der Waals surface area contributed by atoms with E-state index in [-0.39, 0.29) is 12.5 Å². The van der Waals surface area contributed by atoms with Crippen LogP contribution >= 0.6 is 7.82 Å². The second-order valence-corrected chi connectivity index (χ2v) is 16.0. The maximum absolute atomic E-state index is 12.8. The first-order chi connectivity index (χ1) is 25.0. The normalized spacial score (nSPS) is 15.3. The molecule has 0 aromatic rings. The van der Waals surface area contributed by atoms with Gasteiger partial charge in [-0.3, -0.25) is 9.36 Å². The number of carbonyl (C=O) groups is 1. The fourth-order valence-corrected chi connectivity index (χ4v) is 5.80. The molecule has 0 fully saturated rings. The summed E-state index contributed by atoms with van der Waals surface area (Å²) in [5.74, 6) is -0.231. The molecular weight excluding hydrogens is 671 g/mol. The number of aliphatic hydroxyl groups is 1. The van der Waals surface area contributed by atoms with Crippen molar-refractivity contribution >= 4 is 13.7 Å². The largest absolute Gasteiger partial charge is 0.756 e. The molecule has 0 aliphatic rings. The quantitative estimate of drug-likeness (QED) is 0.0289. The van der Waals surface area contributed by atoms with Gasteiger partial charge in [-0.05, 0) is 77.0 Å². The summed E-state index contributed by atoms with van der Waals surface area (Å²) >= 11 is 0. The van der Waals surface area contributed by atoms with Gasteiger partial charge >= 0.3 is 0 Å². The van der Waals surface area contributed by atoms with E-state index in [1.54, 1.807) is 6.08 Å². The summed E-state index contributed by atoms with van der Waals surface area (Å²) in [7, 11) is 1.21. The van der Waals surface area contributed by atoms with E-state index in [1.165, 1.54) is 38.5 Å². The number of phosphoric acid groups is 1. The van der Waals surface area contributed by atoms with Crippen LogP contribution in [0.4, 0.5) is 0 Å². The predicted molar refractivity (Wildman–Crippen MR) is 219 cm³/mol. The third kappa shape index (κ3) is 36.3. The number of aliphatic hydroxyl groups excluding tert-OH is 1. The molecule has 0 rings (SSSR count). The summed E-state index contributed by atoms with van der Waals surface area (Å²) in [4.78, 5) is 25.2. The van der Waals surface area contributed by atoms with Crippen molar-refractivity contribution in [2.45, 2.75) is 154 Å². The molecule has 52 heavy (non-hydrogen) atoms. The smallest absolute Gasteiger partial charge is 0.268 e. The fraction of sp³-hybridized carbons (Fsp3) is 0.698. The fourth-order valence-electron chi connectivity index (χ4n) is 5.08. The first kappa shape index (κ1) is 49.9. The van der Waals surface area contributed by atoms with Crippen molar-refractivity contribution in [3.63, 3.8) is 0 Å². The SMILES string of the molecule is CCC/C=C/CC/C=C/CC/C=C/C(O)C(COP(=O)([O-])OCC[N+](C)(C)C)NC(=O)CCCCCCCC/C=C\C/C=C\C/C=C\CCCCC. The lowest BCUT2D eigenvalue weighted by Crippen LogP contribution is -2.45. The van der Waals surface area contributed by atoms with Gasteiger partial charge in [-0.15, -0.1) is 0 Å². The number of allylic oxidation sites excluding steroid dienone is 11. The Kier molecular flexibility index (Phi) is 33.3. The van der Waals surface area contributed by atoms with Crippen molar-refractivity contribution in [3.8, 4) is 0 Å². The zero-order valence-electron chi connectivity index (χ0n) is 33.7. The third-order valence-electron chi connectivity index (χ3n) is 8.35. The Hall–Kier alpha value is -2.06. The minimum absolute atomic E-state index is 0.0157. The van der Waals surface area contributed by atoms with E-state index in [0.29, 0.717) is 17.4 Å². The van der Waals surface area contributed by atoms with Crippen LogP contribution in [0.1, 0.15) is 142 Å². The molecule has 0 aromatic heterocycles. The molecule has 9 heteroatoms. The van der Waals surface area contributed by atoms with E-state index >= 15 is 0 Å². The Morgan fingerprint density at radius 1 is 0.673 bits per heavy atom. The maximum Gasteiger partial charge on any atom is 0.268 e. The molecule has 0 radical (unpaired) electrons. The van der Waals surface area contributed by atoms with Crippen molar-refractivity contribution in [2.75, 3.05) is 40.9 Å². The number of nitrogens with one attached hydrogen (secondary N) is 1. The van der Waals surface area contributed by atoms with E-state index in [9.17, 15) is 19.4 Å². The summed E-state index contributed by atoms with van der Waals surface area (Å²) in [6.07, 6.45) is 45.2. The van der Waals surface area contributed by atoms with E-state index < -0.39 is 26.6 Å². The Morgan fingerprint density at radius 3 is 1.75 bits per heavy atom. The molecule has 8 nitrogen and oxygen atoms in total. The summed E-state index contributed by atoms with van der Waals surface area (Å²) in [5, 5.41) is 13.7. The third-order valence-corrected chi connectivity index (χ3v) is 9.31. The number of nitrogens with zero attached hydrogens (tertiary/aromatic N) is 1. The number of hydrogen-bond acceptors (Lipinski definition) is 6. The van der Waals surface area contributed by atoms with Gasteiger partial charge in [-0.2, -0.15) is 0 Å². The summed E-state index contributed by atoms with van der Waals surface area (Å²) in [5.41, 5.74) is 0. The van der Waals surface area contributed by atoms with Gasteiger partial charge in [-0.1, -0.05) is 132 Å². The predicted octanol–water partition coefficient (Wildman–Crippen LogP) is 10.2. The zero-order chi connectivity index (χ0) is 38.6. The van der Waals surface area contributed by atoms with Crippen LogP contribution in [0, 0.1) is 0 Å². The minimum atomic E-state index is -4.60. The number of amides is 1. The number of rotatable bonds is 35. The van der Waals surface area contributed by atoms with Crippen LogP contribution in [0.25, 0.3) is 0 Å². The zero-order valence-corrected chi connectivity index (χ0v) is 34.6. The topological polar surface area (TPSA) is 108 Å². The molecule has 0 heterocycles. The van der Waals surface area contributed by atoms with Crippen LogP contribution in [0.5, 0.6) is 0 Å². The highest BCUT2D eigenvalue weighted by Crippen LogP contribution is 2.38. The summed E-state index contributed by atoms with van der Waals surface area (Å²) in [6.45, 7) is 4.46. The van der Waals surface area contributed by atoms with Gasteiger partial charge in [0, 0.05) is 6.42 Å². The van der Waals surface area contributed by atoms with Crippen LogP contribution in [0.15, 0.2) is 72.9 Å². The van der Waals surface area contributed by atoms with Gasteiger partial charge in [0.2, 0.25) is 5.91 Å². The van der Waals surface area contributed by atoms with Gasteiger partial charge in [0.05, 0.1) is 39.9 Å². The van der Waals surface area contributed by atoms with Gasteiger partial charge in [0.1, 0.15) is 13.2 Å². The average molecular weight is 749 g/mol. The van der Waals surface area contributed by atoms with Crippen molar-refractivity contribution < 1.29 is 32.9 Å². The number of unbranched alkanes of at least 4 members (excludes halogenated alkanes) is 12. The number of likely N-dealkylation sites (N-methyl/N-ethyl adjacent to an activating group) is 1. The van der Waals surface area contributed by atoms with E-state index in [0.717, 1.165) is 83.5 Å². The molecule has 3 atom stereocenters. The number of phosphoric ester groups is 1. The van der Waals surface area contributed by atoms with Gasteiger partial charge < -0.3 is 28.8 Å². The molecule has 0 aromatic carbocycles. The first-order valence-electron chi connectivity index (χ1n) is 20.3. The van der Waals surface area contributed by atoms with Crippen molar-refractivity contribution in [1.82, 2.24) is 5.32 Å². The van der Waals surface area contributed by atoms with E-state index in [2.05, 4.69) is 79.9 Å². The molecule has 0 aliphatic heterocycles. The van der Waals surface area contributed by atoms with Crippen molar-refractivity contribution in [3.05, 3.63) is 72.9 Å². The second-order valence-electron chi connectivity index (χ2n) is 14.6. The molecule has 2 N–H and O–H groups in total. The van der Waals surface area contributed by atoms with Crippen LogP contribution < -0.4 is 10.2 Å². The Morgan fingerprint density at radius 2 is 1.17 bits per heavy atom. The Bertz CT molecular complexity index is 1080. The molecule has 0 bridgehead atoms. The van der Waals surface area contributed by atoms with Crippen molar-refractivity contribution in [1.29, 1.82) is 0 Å². The summed E-state index contributed by atoms with van der Waals surface area (Å²) < 4.78 is 23.1. The minimum Gasteiger partial charge on any atom is -0.756 e. The standard InChI is InChI=1S/C43H77N2O6P/c1-6-8-10-12-14-16-18-19-20-21-22-23-24-25-27-29-31-33-35-37-43(47)44-41(40-51-52(48,49)50-39-38-45(3,4)5)42(46)36-34-32-30-28-26-17-15-13-11-9-7-2/h11,13-14,16,19-20,22-23,26,28,34,36,41-42,46H,6-10,12,15,17-18,21,24-25,27,29-33,35,37-40H2,1-5H3,(H-,44,47,48,49)/b13-11+,16-14-,20-19-,23-22-,28-26+,36-34+. The van der Waals surface area contributed by atoms with E-state index in [4.69, 9.17) is 9.05 Å². The highest BCUT2D eigenvalue weighted by Gasteiger charge is 2.23. The average Bonchev–Trinajstić information content (AvgIpc) is 3.09. The number of hydrogen-bond donors (Lipinski definition) is 2. The molecule has 0 saturated heterocycles. The lowest BCUT2D eigenvalue weighted by molar-refractivity contribution is -0.870. The van der Waals surface area contributed by atoms with Gasteiger partial charge in [-0.25, -0.2) is 0 Å². The monoisotopic (exact) mass is 749 g/mol. The van der Waals surface area contributed by atoms with Crippen LogP contribution in [0.2, 0.25) is 0 Å². The molecule has 0 saturated carbocycles. The second kappa shape index (κ2) is 34.7. The maximum atomic E-state index is 12.8.